The van der Waals surface area contributed by atoms with E-state index >= 15 is 0 Å². The van der Waals surface area contributed by atoms with Gasteiger partial charge in [0.05, 0.1) is 11.3 Å². The van der Waals surface area contributed by atoms with Crippen LogP contribution in [-0.2, 0) is 4.79 Å². The number of amides is 2. The fourth-order valence-electron chi connectivity index (χ4n) is 2.08. The molecule has 4 N–H and O–H groups in total. The van der Waals surface area contributed by atoms with Gasteiger partial charge in [0.1, 0.15) is 11.6 Å². The first kappa shape index (κ1) is 18.5. The first-order chi connectivity index (χ1) is 11.9. The molecule has 7 heteroatoms. The zero-order valence-corrected chi connectivity index (χ0v) is 15.5. The van der Waals surface area contributed by atoms with Gasteiger partial charge in [0.15, 0.2) is 0 Å². The van der Waals surface area contributed by atoms with Gasteiger partial charge in [-0.2, -0.15) is 5.26 Å². The maximum Gasteiger partial charge on any atom is 0.267 e. The van der Waals surface area contributed by atoms with Crippen molar-refractivity contribution in [2.45, 2.75) is 6.92 Å². The van der Waals surface area contributed by atoms with Gasteiger partial charge in [0.25, 0.3) is 11.8 Å². The van der Waals surface area contributed by atoms with E-state index in [-0.39, 0.29) is 11.1 Å². The lowest BCUT2D eigenvalue weighted by Gasteiger charge is -2.09. The van der Waals surface area contributed by atoms with Crippen LogP contribution in [0.15, 0.2) is 54.2 Å². The van der Waals surface area contributed by atoms with Crippen LogP contribution in [-0.4, -0.2) is 11.8 Å². The number of carbonyl (C=O) groups is 2. The highest BCUT2D eigenvalue weighted by molar-refractivity contribution is 14.1. The summed E-state index contributed by atoms with van der Waals surface area (Å²) in [5.41, 5.74) is 7.38. The molecule has 0 aliphatic rings. The largest absolute Gasteiger partial charge is 0.366 e. The number of carbonyl (C=O) groups excluding carboxylic acids is 2. The maximum atomic E-state index is 12.3. The summed E-state index contributed by atoms with van der Waals surface area (Å²) in [6, 6.07) is 14.0. The number of rotatable bonds is 5. The summed E-state index contributed by atoms with van der Waals surface area (Å²) in [5.74, 6) is -1.15. The lowest BCUT2D eigenvalue weighted by molar-refractivity contribution is -0.112. The monoisotopic (exact) mass is 446 g/mol. The fraction of sp³-hybridized carbons (Fsp3) is 0.0556. The van der Waals surface area contributed by atoms with Crippen LogP contribution in [0.1, 0.15) is 15.9 Å². The molecule has 0 heterocycles. The van der Waals surface area contributed by atoms with E-state index in [1.165, 1.54) is 6.20 Å². The van der Waals surface area contributed by atoms with Gasteiger partial charge in [-0.25, -0.2) is 0 Å². The average molecular weight is 446 g/mol. The summed E-state index contributed by atoms with van der Waals surface area (Å²) < 4.78 is 1.05. The highest BCUT2D eigenvalue weighted by Crippen LogP contribution is 2.19. The minimum absolute atomic E-state index is 0.128. The summed E-state index contributed by atoms with van der Waals surface area (Å²) in [4.78, 5) is 23.7. The molecule has 0 saturated heterocycles. The van der Waals surface area contributed by atoms with E-state index in [4.69, 9.17) is 5.73 Å². The highest BCUT2D eigenvalue weighted by atomic mass is 127. The van der Waals surface area contributed by atoms with Crippen LogP contribution < -0.4 is 16.4 Å². The normalized spacial score (nSPS) is 10.7. The third kappa shape index (κ3) is 4.81. The molecule has 2 aromatic rings. The van der Waals surface area contributed by atoms with Crippen molar-refractivity contribution < 1.29 is 9.59 Å². The van der Waals surface area contributed by atoms with Gasteiger partial charge in [-0.05, 0) is 65.4 Å². The van der Waals surface area contributed by atoms with E-state index in [0.29, 0.717) is 11.4 Å². The van der Waals surface area contributed by atoms with Gasteiger partial charge in [-0.3, -0.25) is 9.59 Å². The van der Waals surface area contributed by atoms with E-state index in [2.05, 4.69) is 33.2 Å². The fourth-order valence-corrected chi connectivity index (χ4v) is 2.73. The average Bonchev–Trinajstić information content (AvgIpc) is 2.58. The van der Waals surface area contributed by atoms with Crippen molar-refractivity contribution in [3.8, 4) is 6.07 Å². The van der Waals surface area contributed by atoms with Crippen LogP contribution in [0.5, 0.6) is 0 Å². The van der Waals surface area contributed by atoms with Crippen molar-refractivity contribution in [3.63, 3.8) is 0 Å². The second-order valence-electron chi connectivity index (χ2n) is 5.14. The summed E-state index contributed by atoms with van der Waals surface area (Å²) in [6.07, 6.45) is 1.25. The Kier molecular flexibility index (Phi) is 6.14. The molecule has 0 radical (unpaired) electrons. The van der Waals surface area contributed by atoms with Gasteiger partial charge in [0, 0.05) is 15.5 Å². The molecule has 2 rings (SSSR count). The van der Waals surface area contributed by atoms with Crippen LogP contribution in [0.4, 0.5) is 11.4 Å². The van der Waals surface area contributed by atoms with Crippen molar-refractivity contribution in [2.75, 3.05) is 10.6 Å². The number of anilines is 2. The Morgan fingerprint density at radius 1 is 1.20 bits per heavy atom. The smallest absolute Gasteiger partial charge is 0.267 e. The highest BCUT2D eigenvalue weighted by Gasteiger charge is 2.12. The number of nitrogens with zero attached hydrogens (tertiary/aromatic N) is 1. The standard InChI is InChI=1S/C18H15IN4O2/c1-11-8-13(19)6-7-15(11)23-18(25)12(9-20)10-22-16-5-3-2-4-14(16)17(21)24/h2-8,10,22H,1H3,(H2,21,24)(H,23,25)/b12-10-. The molecule has 25 heavy (non-hydrogen) atoms. The molecule has 0 bridgehead atoms. The van der Waals surface area contributed by atoms with Crippen molar-refractivity contribution >= 4 is 45.8 Å². The van der Waals surface area contributed by atoms with E-state index in [1.54, 1.807) is 30.3 Å². The molecule has 0 unspecified atom stereocenters. The van der Waals surface area contributed by atoms with Crippen LogP contribution in [0.2, 0.25) is 0 Å². The molecule has 0 aromatic heterocycles. The Hall–Kier alpha value is -2.86. The molecule has 6 nitrogen and oxygen atoms in total. The molecule has 0 saturated carbocycles. The van der Waals surface area contributed by atoms with E-state index in [0.717, 1.165) is 9.13 Å². The van der Waals surface area contributed by atoms with Crippen molar-refractivity contribution in [1.82, 2.24) is 0 Å². The zero-order valence-electron chi connectivity index (χ0n) is 13.3. The number of nitriles is 1. The molecular formula is C18H15IN4O2. The number of halogens is 1. The predicted octanol–water partition coefficient (Wildman–Crippen LogP) is 3.16. The summed E-state index contributed by atoms with van der Waals surface area (Å²) in [7, 11) is 0. The van der Waals surface area contributed by atoms with Crippen LogP contribution in [0.3, 0.4) is 0 Å². The first-order valence-electron chi connectivity index (χ1n) is 7.25. The SMILES string of the molecule is Cc1cc(I)ccc1NC(=O)/C(C#N)=C\Nc1ccccc1C(N)=O. The van der Waals surface area contributed by atoms with E-state index < -0.39 is 11.8 Å². The number of benzene rings is 2. The van der Waals surface area contributed by atoms with Crippen molar-refractivity contribution in [3.05, 3.63) is 68.9 Å². The topological polar surface area (TPSA) is 108 Å². The van der Waals surface area contributed by atoms with E-state index in [1.807, 2.05) is 25.1 Å². The number of para-hydroxylation sites is 1. The Labute approximate surface area is 158 Å². The van der Waals surface area contributed by atoms with Crippen molar-refractivity contribution in [1.29, 1.82) is 5.26 Å². The summed E-state index contributed by atoms with van der Waals surface area (Å²) in [6.45, 7) is 1.87. The van der Waals surface area contributed by atoms with Gasteiger partial charge < -0.3 is 16.4 Å². The van der Waals surface area contributed by atoms with Gasteiger partial charge in [0.2, 0.25) is 0 Å². The Morgan fingerprint density at radius 3 is 2.56 bits per heavy atom. The molecule has 2 aromatic carbocycles. The second kappa shape index (κ2) is 8.30. The Balaban J connectivity index is 2.19. The number of hydrogen-bond donors (Lipinski definition) is 3. The zero-order chi connectivity index (χ0) is 18.4. The molecular weight excluding hydrogens is 431 g/mol. The first-order valence-corrected chi connectivity index (χ1v) is 8.33. The summed E-state index contributed by atoms with van der Waals surface area (Å²) >= 11 is 2.18. The third-order valence-corrected chi connectivity index (χ3v) is 4.04. The Morgan fingerprint density at radius 2 is 1.92 bits per heavy atom. The number of hydrogen-bond acceptors (Lipinski definition) is 4. The van der Waals surface area contributed by atoms with Gasteiger partial charge >= 0.3 is 0 Å². The minimum Gasteiger partial charge on any atom is -0.366 e. The minimum atomic E-state index is -0.603. The predicted molar refractivity (Wildman–Crippen MR) is 105 cm³/mol. The summed E-state index contributed by atoms with van der Waals surface area (Å²) in [5, 5.41) is 14.7. The van der Waals surface area contributed by atoms with Gasteiger partial charge in [-0.15, -0.1) is 0 Å². The molecule has 0 aliphatic heterocycles. The molecule has 0 aliphatic carbocycles. The number of primary amides is 1. The lowest BCUT2D eigenvalue weighted by atomic mass is 10.1. The number of nitrogens with one attached hydrogen (secondary N) is 2. The Bertz CT molecular complexity index is 900. The molecule has 0 fully saturated rings. The second-order valence-corrected chi connectivity index (χ2v) is 6.38. The quantitative estimate of drug-likeness (QED) is 0.373. The van der Waals surface area contributed by atoms with Gasteiger partial charge in [-0.1, -0.05) is 12.1 Å². The van der Waals surface area contributed by atoms with Crippen LogP contribution in [0.25, 0.3) is 0 Å². The van der Waals surface area contributed by atoms with Crippen LogP contribution in [0, 0.1) is 21.8 Å². The van der Waals surface area contributed by atoms with E-state index in [9.17, 15) is 14.9 Å². The van der Waals surface area contributed by atoms with Crippen LogP contribution >= 0.6 is 22.6 Å². The number of aryl methyl sites for hydroxylation is 1. The van der Waals surface area contributed by atoms with Crippen molar-refractivity contribution in [2.24, 2.45) is 5.73 Å². The lowest BCUT2D eigenvalue weighted by Crippen LogP contribution is -2.16. The molecule has 2 amide bonds. The molecule has 126 valence electrons. The molecule has 0 atom stereocenters. The molecule has 0 spiro atoms. The third-order valence-electron chi connectivity index (χ3n) is 3.37. The number of nitrogens with two attached hydrogens (primary N) is 1. The maximum absolute atomic E-state index is 12.3.